The Morgan fingerprint density at radius 1 is 1.16 bits per heavy atom. The van der Waals surface area contributed by atoms with Crippen molar-refractivity contribution in [3.8, 4) is 11.1 Å². The summed E-state index contributed by atoms with van der Waals surface area (Å²) in [5.74, 6) is -0.454. The Morgan fingerprint density at radius 3 is 2.68 bits per heavy atom. The number of amides is 1. The van der Waals surface area contributed by atoms with Crippen molar-refractivity contribution < 1.29 is 13.9 Å². The molecule has 31 heavy (non-hydrogen) atoms. The van der Waals surface area contributed by atoms with Crippen LogP contribution in [-0.4, -0.2) is 36.7 Å². The molecular weight excluding hydrogens is 393 g/mol. The van der Waals surface area contributed by atoms with Gasteiger partial charge in [-0.3, -0.25) is 9.78 Å². The zero-order valence-electron chi connectivity index (χ0n) is 17.6. The summed E-state index contributed by atoms with van der Waals surface area (Å²) in [6.45, 7) is 4.88. The zero-order chi connectivity index (χ0) is 21.6. The molecule has 1 aromatic heterocycles. The highest BCUT2D eigenvalue weighted by molar-refractivity contribution is 5.78. The minimum atomic E-state index is -0.309. The highest BCUT2D eigenvalue weighted by atomic mass is 19.1. The minimum Gasteiger partial charge on any atom is -0.377 e. The summed E-state index contributed by atoms with van der Waals surface area (Å²) < 4.78 is 18.7. The average Bonchev–Trinajstić information content (AvgIpc) is 2.79. The Bertz CT molecular complexity index is 1020. The smallest absolute Gasteiger partial charge is 0.226 e. The van der Waals surface area contributed by atoms with Gasteiger partial charge in [0, 0.05) is 42.3 Å². The third kappa shape index (κ3) is 5.47. The maximum atomic E-state index is 13.2. The highest BCUT2D eigenvalue weighted by Gasteiger charge is 2.18. The Balaban J connectivity index is 1.34. The molecule has 1 aliphatic rings. The summed E-state index contributed by atoms with van der Waals surface area (Å²) in [6.07, 6.45) is 1.98. The molecule has 6 heteroatoms. The molecule has 1 fully saturated rings. The van der Waals surface area contributed by atoms with Gasteiger partial charge in [-0.1, -0.05) is 30.3 Å². The van der Waals surface area contributed by atoms with E-state index in [-0.39, 0.29) is 18.1 Å². The van der Waals surface area contributed by atoms with Crippen molar-refractivity contribution in [2.45, 2.75) is 25.9 Å². The fraction of sp³-hybridized carbons (Fsp3) is 0.280. The number of hydrogen-bond donors (Lipinski definition) is 1. The summed E-state index contributed by atoms with van der Waals surface area (Å²) in [7, 11) is 0. The van der Waals surface area contributed by atoms with E-state index in [1.54, 1.807) is 18.3 Å². The van der Waals surface area contributed by atoms with E-state index >= 15 is 0 Å². The third-order valence-corrected chi connectivity index (χ3v) is 5.45. The summed E-state index contributed by atoms with van der Waals surface area (Å²) in [6, 6.07) is 18.9. The zero-order valence-corrected chi connectivity index (χ0v) is 17.6. The molecule has 5 nitrogen and oxygen atoms in total. The van der Waals surface area contributed by atoms with Crippen molar-refractivity contribution >= 4 is 11.6 Å². The molecule has 3 aromatic rings. The number of hydrogen-bond acceptors (Lipinski definition) is 4. The molecule has 0 unspecified atom stereocenters. The topological polar surface area (TPSA) is 54.5 Å². The molecular formula is C25H26FN3O2. The molecule has 0 radical (unpaired) electrons. The molecule has 1 amide bonds. The van der Waals surface area contributed by atoms with Gasteiger partial charge in [-0.25, -0.2) is 4.39 Å². The number of benzene rings is 2. The van der Waals surface area contributed by atoms with Crippen molar-refractivity contribution in [1.82, 2.24) is 10.3 Å². The van der Waals surface area contributed by atoms with Crippen molar-refractivity contribution in [1.29, 1.82) is 0 Å². The minimum absolute atomic E-state index is 0.145. The van der Waals surface area contributed by atoms with Gasteiger partial charge < -0.3 is 15.0 Å². The number of nitrogens with zero attached hydrogens (tertiary/aromatic N) is 2. The number of pyridine rings is 1. The van der Waals surface area contributed by atoms with Crippen molar-refractivity contribution in [3.63, 3.8) is 0 Å². The van der Waals surface area contributed by atoms with Crippen LogP contribution in [-0.2, 0) is 22.5 Å². The maximum Gasteiger partial charge on any atom is 0.226 e. The van der Waals surface area contributed by atoms with Gasteiger partial charge in [-0.15, -0.1) is 0 Å². The fourth-order valence-electron chi connectivity index (χ4n) is 3.73. The first-order valence-corrected chi connectivity index (χ1v) is 10.5. The third-order valence-electron chi connectivity index (χ3n) is 5.45. The number of carbonyl (C=O) groups excluding carboxylic acids is 1. The molecule has 0 bridgehead atoms. The highest BCUT2D eigenvalue weighted by Crippen LogP contribution is 2.25. The van der Waals surface area contributed by atoms with Crippen LogP contribution in [0, 0.1) is 5.82 Å². The van der Waals surface area contributed by atoms with Crippen LogP contribution in [0.1, 0.15) is 18.2 Å². The van der Waals surface area contributed by atoms with E-state index < -0.39 is 0 Å². The number of halogens is 1. The first-order chi connectivity index (χ1) is 15.1. The standard InChI is InChI=1S/C25H26FN3O2/c1-18-17-31-12-11-29(18)24-9-6-20(7-10-24)21-5-8-23(27-16-21)14-25(30)28-15-19-3-2-4-22(26)13-19/h2-10,13,16,18H,11-12,14-15,17H2,1H3,(H,28,30)/t18-/m0/s1. The summed E-state index contributed by atoms with van der Waals surface area (Å²) in [4.78, 5) is 19.0. The number of aromatic nitrogens is 1. The second-order valence-electron chi connectivity index (χ2n) is 7.79. The first kappa shape index (κ1) is 21.0. The van der Waals surface area contributed by atoms with Crippen LogP contribution in [0.3, 0.4) is 0 Å². The van der Waals surface area contributed by atoms with Gasteiger partial charge in [0.15, 0.2) is 0 Å². The van der Waals surface area contributed by atoms with Crippen LogP contribution in [0.25, 0.3) is 11.1 Å². The van der Waals surface area contributed by atoms with Gasteiger partial charge in [0.25, 0.3) is 0 Å². The fourth-order valence-corrected chi connectivity index (χ4v) is 3.73. The lowest BCUT2D eigenvalue weighted by Crippen LogP contribution is -2.43. The number of anilines is 1. The predicted molar refractivity (Wildman–Crippen MR) is 119 cm³/mol. The van der Waals surface area contributed by atoms with Crippen LogP contribution >= 0.6 is 0 Å². The van der Waals surface area contributed by atoms with E-state index in [2.05, 4.69) is 46.4 Å². The molecule has 0 saturated carbocycles. The molecule has 1 saturated heterocycles. The molecule has 160 valence electrons. The predicted octanol–water partition coefficient (Wildman–Crippen LogP) is 3.97. The molecule has 2 heterocycles. The van der Waals surface area contributed by atoms with Crippen LogP contribution in [0.5, 0.6) is 0 Å². The van der Waals surface area contributed by atoms with Crippen LogP contribution < -0.4 is 10.2 Å². The Hall–Kier alpha value is -3.25. The average molecular weight is 420 g/mol. The lowest BCUT2D eigenvalue weighted by molar-refractivity contribution is -0.120. The Morgan fingerprint density at radius 2 is 1.97 bits per heavy atom. The van der Waals surface area contributed by atoms with Gasteiger partial charge in [0.2, 0.25) is 5.91 Å². The summed E-state index contributed by atoms with van der Waals surface area (Å²) >= 11 is 0. The van der Waals surface area contributed by atoms with E-state index in [1.165, 1.54) is 17.8 Å². The van der Waals surface area contributed by atoms with E-state index in [1.807, 2.05) is 12.1 Å². The van der Waals surface area contributed by atoms with Crippen LogP contribution in [0.15, 0.2) is 66.9 Å². The lowest BCUT2D eigenvalue weighted by atomic mass is 10.1. The lowest BCUT2D eigenvalue weighted by Gasteiger charge is -2.35. The Kier molecular flexibility index (Phi) is 6.57. The van der Waals surface area contributed by atoms with E-state index in [0.29, 0.717) is 18.3 Å². The normalized spacial score (nSPS) is 16.2. The van der Waals surface area contributed by atoms with E-state index in [0.717, 1.165) is 36.4 Å². The molecule has 0 spiro atoms. The van der Waals surface area contributed by atoms with Gasteiger partial charge >= 0.3 is 0 Å². The second-order valence-corrected chi connectivity index (χ2v) is 7.79. The van der Waals surface area contributed by atoms with Gasteiger partial charge in [-0.2, -0.15) is 0 Å². The summed E-state index contributed by atoms with van der Waals surface area (Å²) in [5.41, 5.74) is 4.70. The SMILES string of the molecule is C[C@H]1COCCN1c1ccc(-c2ccc(CC(=O)NCc3cccc(F)c3)nc2)cc1. The quantitative estimate of drug-likeness (QED) is 0.657. The van der Waals surface area contributed by atoms with Crippen LogP contribution in [0.2, 0.25) is 0 Å². The summed E-state index contributed by atoms with van der Waals surface area (Å²) in [5, 5.41) is 2.80. The second kappa shape index (κ2) is 9.71. The molecule has 1 aliphatic heterocycles. The van der Waals surface area contributed by atoms with Gasteiger partial charge in [-0.05, 0) is 48.4 Å². The maximum absolute atomic E-state index is 13.2. The Labute approximate surface area is 181 Å². The van der Waals surface area contributed by atoms with Crippen molar-refractivity contribution in [2.24, 2.45) is 0 Å². The number of carbonyl (C=O) groups is 1. The molecule has 0 aliphatic carbocycles. The first-order valence-electron chi connectivity index (χ1n) is 10.5. The van der Waals surface area contributed by atoms with Gasteiger partial charge in [0.1, 0.15) is 5.82 Å². The van der Waals surface area contributed by atoms with E-state index in [9.17, 15) is 9.18 Å². The largest absolute Gasteiger partial charge is 0.377 e. The van der Waals surface area contributed by atoms with Crippen molar-refractivity contribution in [2.75, 3.05) is 24.7 Å². The molecule has 4 rings (SSSR count). The van der Waals surface area contributed by atoms with E-state index in [4.69, 9.17) is 4.74 Å². The molecule has 1 N–H and O–H groups in total. The number of rotatable bonds is 6. The monoisotopic (exact) mass is 419 g/mol. The van der Waals surface area contributed by atoms with Gasteiger partial charge in [0.05, 0.1) is 19.6 Å². The molecule has 2 aromatic carbocycles. The van der Waals surface area contributed by atoms with Crippen LogP contribution in [0.4, 0.5) is 10.1 Å². The number of ether oxygens (including phenoxy) is 1. The number of nitrogens with one attached hydrogen (secondary N) is 1. The van der Waals surface area contributed by atoms with Crippen molar-refractivity contribution in [3.05, 3.63) is 83.9 Å². The number of morpholine rings is 1. The molecule has 1 atom stereocenters.